The van der Waals surface area contributed by atoms with Crippen LogP contribution in [0.2, 0.25) is 0 Å². The van der Waals surface area contributed by atoms with Crippen molar-refractivity contribution in [2.24, 2.45) is 0 Å². The van der Waals surface area contributed by atoms with E-state index in [0.717, 1.165) is 33.8 Å². The van der Waals surface area contributed by atoms with E-state index >= 15 is 0 Å². The maximum absolute atomic E-state index is 13.6. The van der Waals surface area contributed by atoms with Crippen molar-refractivity contribution in [2.75, 3.05) is 5.43 Å². The van der Waals surface area contributed by atoms with Gasteiger partial charge in [-0.3, -0.25) is 0 Å². The molecule has 0 aliphatic carbocycles. The van der Waals surface area contributed by atoms with Crippen LogP contribution in [0, 0.1) is 0 Å². The fraction of sp³-hybridized carbons (Fsp3) is 0.0400. The quantitative estimate of drug-likeness (QED) is 0.166. The Bertz CT molecular complexity index is 1580. The highest BCUT2D eigenvalue weighted by atomic mass is 32.2. The minimum absolute atomic E-state index is 0.392. The number of halogens is 3. The summed E-state index contributed by atoms with van der Waals surface area (Å²) in [6.45, 7) is 0. The molecular weight excluding hydrogens is 463 g/mol. The lowest BCUT2D eigenvalue weighted by Gasteiger charge is -2.12. The molecule has 0 aliphatic rings. The van der Waals surface area contributed by atoms with Gasteiger partial charge in [0.1, 0.15) is 0 Å². The van der Waals surface area contributed by atoms with Crippen molar-refractivity contribution in [3.63, 3.8) is 0 Å². The molecule has 5 rings (SSSR count). The summed E-state index contributed by atoms with van der Waals surface area (Å²) in [5.74, 6) is 0. The van der Waals surface area contributed by atoms with Crippen LogP contribution in [0.4, 0.5) is 18.9 Å². The van der Waals surface area contributed by atoms with Crippen molar-refractivity contribution in [3.8, 4) is 16.9 Å². The Morgan fingerprint density at radius 1 is 0.765 bits per heavy atom. The maximum atomic E-state index is 13.6. The maximum Gasteiger partial charge on any atom is 0.417 e. The molecule has 9 heteroatoms. The molecule has 0 aliphatic heterocycles. The highest BCUT2D eigenvalue weighted by Gasteiger charge is 2.33. The van der Waals surface area contributed by atoms with E-state index in [4.69, 9.17) is 0 Å². The number of nitrogens with one attached hydrogen (secondary N) is 2. The summed E-state index contributed by atoms with van der Waals surface area (Å²) in [5.41, 5.74) is 3.73. The summed E-state index contributed by atoms with van der Waals surface area (Å²) in [7, 11) is -2.84. The largest absolute Gasteiger partial charge is 0.417 e. The fourth-order valence-corrected chi connectivity index (χ4v) is 4.25. The molecule has 1 heterocycles. The van der Waals surface area contributed by atoms with Gasteiger partial charge in [-0.05, 0) is 63.5 Å². The summed E-state index contributed by atoms with van der Waals surface area (Å²) in [5, 5.41) is 4.02. The zero-order valence-corrected chi connectivity index (χ0v) is 18.4. The van der Waals surface area contributed by atoms with Gasteiger partial charge in [0.25, 0.3) is 0 Å². The van der Waals surface area contributed by atoms with Crippen LogP contribution in [0.25, 0.3) is 38.5 Å². The predicted octanol–water partition coefficient (Wildman–Crippen LogP) is 5.91. The normalized spacial score (nSPS) is 12.0. The van der Waals surface area contributed by atoms with Crippen molar-refractivity contribution in [2.45, 2.75) is 6.18 Å². The number of rotatable bonds is 5. The molecule has 172 valence electrons. The molecule has 0 saturated carbocycles. The molecule has 0 unspecified atom stereocenters. The van der Waals surface area contributed by atoms with Crippen LogP contribution in [0.1, 0.15) is 5.56 Å². The zero-order valence-electron chi connectivity index (χ0n) is 17.5. The van der Waals surface area contributed by atoms with Crippen LogP contribution in [0.3, 0.4) is 0 Å². The van der Waals surface area contributed by atoms with E-state index in [1.165, 1.54) is 4.57 Å². The van der Waals surface area contributed by atoms with E-state index in [1.54, 1.807) is 24.3 Å². The number of alkyl halides is 3. The van der Waals surface area contributed by atoms with E-state index in [-0.39, 0.29) is 0 Å². The van der Waals surface area contributed by atoms with E-state index in [0.29, 0.717) is 22.6 Å². The Labute approximate surface area is 194 Å². The number of aromatic nitrogens is 1. The fourth-order valence-electron chi connectivity index (χ4n) is 4.03. The molecule has 1 aromatic heterocycles. The molecule has 0 bridgehead atoms. The minimum atomic E-state index is -4.51. The van der Waals surface area contributed by atoms with Gasteiger partial charge < -0.3 is 9.99 Å². The van der Waals surface area contributed by atoms with Gasteiger partial charge in [-0.2, -0.15) is 13.2 Å². The summed E-state index contributed by atoms with van der Waals surface area (Å²) in [4.78, 5) is 2.06. The van der Waals surface area contributed by atoms with Crippen molar-refractivity contribution in [1.82, 2.24) is 9.40 Å². The summed E-state index contributed by atoms with van der Waals surface area (Å²) >= 11 is 0. The van der Waals surface area contributed by atoms with Crippen LogP contribution < -0.4 is 10.3 Å². The van der Waals surface area contributed by atoms with E-state index in [9.17, 15) is 21.6 Å². The summed E-state index contributed by atoms with van der Waals surface area (Å²) < 4.78 is 63.7. The van der Waals surface area contributed by atoms with Crippen LogP contribution >= 0.6 is 0 Å². The van der Waals surface area contributed by atoms with Crippen molar-refractivity contribution in [1.29, 1.82) is 0 Å². The molecule has 0 atom stereocenters. The van der Waals surface area contributed by atoms with Crippen LogP contribution in [-0.4, -0.2) is 13.0 Å². The monoisotopic (exact) mass is 481 g/mol. The number of benzene rings is 4. The number of hydrogen-bond donors (Lipinski definition) is 3. The molecule has 0 amide bonds. The van der Waals surface area contributed by atoms with Gasteiger partial charge in [0.2, 0.25) is 10.9 Å². The third-order valence-corrected chi connectivity index (χ3v) is 5.92. The topological polar surface area (TPSA) is 63.1 Å². The first-order chi connectivity index (χ1) is 16.3. The average molecular weight is 481 g/mol. The Kier molecular flexibility index (Phi) is 5.51. The molecule has 5 nitrogen and oxygen atoms in total. The van der Waals surface area contributed by atoms with Crippen LogP contribution in [0.15, 0.2) is 91.1 Å². The molecule has 0 spiro atoms. The smallest absolute Gasteiger partial charge is 0.316 e. The van der Waals surface area contributed by atoms with Crippen LogP contribution in [0.5, 0.6) is 0 Å². The van der Waals surface area contributed by atoms with Gasteiger partial charge in [-0.15, -0.1) is 4.83 Å². The van der Waals surface area contributed by atoms with Gasteiger partial charge in [0.15, 0.2) is 0 Å². The first-order valence-corrected chi connectivity index (χ1v) is 11.5. The lowest BCUT2D eigenvalue weighted by atomic mass is 9.99. The lowest BCUT2D eigenvalue weighted by Crippen LogP contribution is -2.18. The number of hydrogen-bond acceptors (Lipinski definition) is 3. The second-order valence-corrected chi connectivity index (χ2v) is 8.48. The second-order valence-electron chi connectivity index (χ2n) is 7.75. The molecule has 5 aromatic rings. The van der Waals surface area contributed by atoms with Crippen molar-refractivity contribution >= 4 is 38.1 Å². The summed E-state index contributed by atoms with van der Waals surface area (Å²) in [6, 6.07) is 25.0. The zero-order chi connectivity index (χ0) is 23.9. The van der Waals surface area contributed by atoms with Crippen molar-refractivity contribution in [3.05, 3.63) is 96.7 Å². The third-order valence-electron chi connectivity index (χ3n) is 5.63. The van der Waals surface area contributed by atoms with E-state index in [1.807, 2.05) is 54.6 Å². The average Bonchev–Trinajstić information content (AvgIpc) is 3.29. The highest BCUT2D eigenvalue weighted by Crippen LogP contribution is 2.37. The Hall–Kier alpha value is -3.82. The molecule has 2 N–H and O–H groups in total. The molecular formula is C25H18F3N3O2S. The van der Waals surface area contributed by atoms with Gasteiger partial charge in [-0.1, -0.05) is 48.5 Å². The summed E-state index contributed by atoms with van der Waals surface area (Å²) in [6.07, 6.45) is -3.44. The Morgan fingerprint density at radius 2 is 1.44 bits per heavy atom. The standard InChI is InChI=1S/C25H18F3N3O2S/c26-25(27,28)19-14-24(31(15-19)21-11-9-20(10-12-21)29-30-34(32)33)18-8-7-17-6-5-16-3-1-2-4-22(16)23(17)13-18/h1-15,29,34H,(H,30,32,33). The number of anilines is 1. The predicted molar refractivity (Wildman–Crippen MR) is 128 cm³/mol. The first-order valence-electron chi connectivity index (χ1n) is 10.3. The third kappa shape index (κ3) is 4.23. The first kappa shape index (κ1) is 22.0. The molecule has 0 fully saturated rings. The SMILES string of the molecule is O=[SH](=O)NNc1ccc(-n2cc(C(F)(F)F)cc2-c2ccc3ccc4ccccc4c3c2)cc1. The van der Waals surface area contributed by atoms with Gasteiger partial charge in [-0.25, -0.2) is 8.42 Å². The second kappa shape index (κ2) is 8.51. The van der Waals surface area contributed by atoms with Gasteiger partial charge >= 0.3 is 6.18 Å². The molecule has 4 aromatic carbocycles. The Morgan fingerprint density at radius 3 is 2.15 bits per heavy atom. The van der Waals surface area contributed by atoms with E-state index < -0.39 is 22.6 Å². The number of hydrazine groups is 1. The molecule has 0 saturated heterocycles. The van der Waals surface area contributed by atoms with Gasteiger partial charge in [0.05, 0.1) is 11.3 Å². The minimum Gasteiger partial charge on any atom is -0.316 e. The molecule has 0 radical (unpaired) electrons. The van der Waals surface area contributed by atoms with Crippen LogP contribution in [-0.2, 0) is 17.1 Å². The van der Waals surface area contributed by atoms with E-state index in [2.05, 4.69) is 10.3 Å². The highest BCUT2D eigenvalue weighted by molar-refractivity contribution is 7.70. The van der Waals surface area contributed by atoms with Gasteiger partial charge in [0, 0.05) is 17.6 Å². The number of thiol groups is 1. The molecule has 34 heavy (non-hydrogen) atoms. The van der Waals surface area contributed by atoms with Crippen molar-refractivity contribution < 1.29 is 21.6 Å². The Balaban J connectivity index is 1.65. The number of nitrogens with zero attached hydrogens (tertiary/aromatic N) is 1. The lowest BCUT2D eigenvalue weighted by molar-refractivity contribution is -0.137. The number of fused-ring (bicyclic) bond motifs is 3.